The summed E-state index contributed by atoms with van der Waals surface area (Å²) in [5.74, 6) is 0.826. The van der Waals surface area contributed by atoms with Gasteiger partial charge >= 0.3 is 0 Å². The van der Waals surface area contributed by atoms with Crippen molar-refractivity contribution < 1.29 is 4.74 Å². The maximum absolute atomic E-state index is 12.2. The van der Waals surface area contributed by atoms with Crippen molar-refractivity contribution in [1.82, 2.24) is 9.78 Å². The molecule has 1 saturated carbocycles. The van der Waals surface area contributed by atoms with Gasteiger partial charge in [-0.25, -0.2) is 4.68 Å². The molecule has 110 valence electrons. The molecule has 20 heavy (non-hydrogen) atoms. The van der Waals surface area contributed by atoms with Gasteiger partial charge in [0.2, 0.25) is 0 Å². The molecule has 0 bridgehead atoms. The van der Waals surface area contributed by atoms with E-state index in [-0.39, 0.29) is 11.0 Å². The minimum atomic E-state index is -0.0120. The summed E-state index contributed by atoms with van der Waals surface area (Å²) in [6, 6.07) is 1.70. The van der Waals surface area contributed by atoms with Crippen LogP contribution in [0.25, 0.3) is 0 Å². The Kier molecular flexibility index (Phi) is 4.03. The van der Waals surface area contributed by atoms with E-state index in [2.05, 4.69) is 22.6 Å². The maximum Gasteiger partial charge on any atom is 0.268 e. The smallest absolute Gasteiger partial charge is 0.268 e. The first-order chi connectivity index (χ1) is 9.72. The Labute approximate surface area is 124 Å². The third kappa shape index (κ3) is 2.72. The minimum Gasteiger partial charge on any atom is -0.378 e. The van der Waals surface area contributed by atoms with E-state index in [4.69, 9.17) is 4.74 Å². The number of aromatic nitrogens is 2. The van der Waals surface area contributed by atoms with E-state index in [1.807, 2.05) is 0 Å². The van der Waals surface area contributed by atoms with Crippen molar-refractivity contribution in [3.8, 4) is 0 Å². The van der Waals surface area contributed by atoms with Crippen LogP contribution in [0.4, 0.5) is 5.69 Å². The predicted octanol–water partition coefficient (Wildman–Crippen LogP) is 1.18. The Morgan fingerprint density at radius 3 is 2.65 bits per heavy atom. The second-order valence-electron chi connectivity index (χ2n) is 5.82. The lowest BCUT2D eigenvalue weighted by Gasteiger charge is -2.40. The van der Waals surface area contributed by atoms with Crippen LogP contribution < -0.4 is 10.5 Å². The minimum absolute atomic E-state index is 0.0120. The first-order valence-electron chi connectivity index (χ1n) is 7.23. The van der Waals surface area contributed by atoms with Gasteiger partial charge < -0.3 is 9.64 Å². The number of hydrogen-bond acceptors (Lipinski definition) is 5. The second-order valence-corrected chi connectivity index (χ2v) is 6.14. The zero-order valence-electron chi connectivity index (χ0n) is 11.6. The molecule has 2 aliphatic rings. The highest BCUT2D eigenvalue weighted by Gasteiger charge is 2.36. The van der Waals surface area contributed by atoms with Crippen molar-refractivity contribution in [3.63, 3.8) is 0 Å². The van der Waals surface area contributed by atoms with Crippen molar-refractivity contribution in [1.29, 1.82) is 0 Å². The molecule has 0 N–H and O–H groups in total. The first kappa shape index (κ1) is 13.9. The van der Waals surface area contributed by atoms with Gasteiger partial charge in [0.1, 0.15) is 0 Å². The fraction of sp³-hybridized carbons (Fsp3) is 0.714. The summed E-state index contributed by atoms with van der Waals surface area (Å²) < 4.78 is 6.92. The Balaban J connectivity index is 1.75. The normalized spacial score (nSPS) is 21.6. The van der Waals surface area contributed by atoms with E-state index in [1.54, 1.807) is 16.9 Å². The number of anilines is 1. The van der Waals surface area contributed by atoms with Crippen molar-refractivity contribution in [2.45, 2.75) is 25.8 Å². The molecular formula is C14H21N3O2S. The van der Waals surface area contributed by atoms with Crippen LogP contribution in [0.2, 0.25) is 0 Å². The van der Waals surface area contributed by atoms with Crippen LogP contribution in [0.15, 0.2) is 17.1 Å². The fourth-order valence-corrected chi connectivity index (χ4v) is 3.31. The Morgan fingerprint density at radius 2 is 2.10 bits per heavy atom. The number of morpholine rings is 1. The average molecular weight is 295 g/mol. The molecular weight excluding hydrogens is 274 g/mol. The maximum atomic E-state index is 12.2. The highest BCUT2D eigenvalue weighted by atomic mass is 32.1. The quantitative estimate of drug-likeness (QED) is 0.848. The van der Waals surface area contributed by atoms with Crippen LogP contribution in [-0.2, 0) is 11.3 Å². The number of thiol groups is 1. The highest BCUT2D eigenvalue weighted by Crippen LogP contribution is 2.42. The molecule has 0 atom stereocenters. The molecule has 1 saturated heterocycles. The molecule has 2 fully saturated rings. The third-order valence-electron chi connectivity index (χ3n) is 4.47. The van der Waals surface area contributed by atoms with E-state index in [0.717, 1.165) is 37.4 Å². The molecule has 0 amide bonds. The van der Waals surface area contributed by atoms with Gasteiger partial charge in [-0.05, 0) is 24.0 Å². The molecule has 0 aromatic carbocycles. The summed E-state index contributed by atoms with van der Waals surface area (Å²) in [4.78, 5) is 14.4. The van der Waals surface area contributed by atoms with Gasteiger partial charge in [-0.1, -0.05) is 6.42 Å². The molecule has 0 unspecified atom stereocenters. The molecule has 2 heterocycles. The number of rotatable bonds is 4. The lowest BCUT2D eigenvalue weighted by atomic mass is 9.70. The molecule has 1 aliphatic carbocycles. The number of nitrogens with zero attached hydrogens (tertiary/aromatic N) is 3. The Morgan fingerprint density at radius 1 is 1.35 bits per heavy atom. The average Bonchev–Trinajstić information content (AvgIpc) is 2.45. The summed E-state index contributed by atoms with van der Waals surface area (Å²) in [6.07, 6.45) is 5.34. The van der Waals surface area contributed by atoms with Crippen molar-refractivity contribution in [2.75, 3.05) is 37.0 Å². The van der Waals surface area contributed by atoms with E-state index >= 15 is 0 Å². The van der Waals surface area contributed by atoms with Gasteiger partial charge in [0.05, 0.1) is 31.6 Å². The fourth-order valence-electron chi connectivity index (χ4n) is 2.90. The van der Waals surface area contributed by atoms with Crippen molar-refractivity contribution >= 4 is 18.3 Å². The first-order valence-corrected chi connectivity index (χ1v) is 7.86. The zero-order chi connectivity index (χ0) is 14.0. The summed E-state index contributed by atoms with van der Waals surface area (Å²) in [5, 5.41) is 4.36. The molecule has 1 aliphatic heterocycles. The number of ether oxygens (including phenoxy) is 1. The number of hydrogen-bond donors (Lipinski definition) is 1. The largest absolute Gasteiger partial charge is 0.378 e. The molecule has 0 spiro atoms. The summed E-state index contributed by atoms with van der Waals surface area (Å²) in [6.45, 7) is 3.77. The van der Waals surface area contributed by atoms with Crippen LogP contribution in [0.3, 0.4) is 0 Å². The molecule has 5 nitrogen and oxygen atoms in total. The third-order valence-corrected chi connectivity index (χ3v) is 5.14. The van der Waals surface area contributed by atoms with E-state index in [1.165, 1.54) is 6.42 Å². The molecule has 3 rings (SSSR count). The van der Waals surface area contributed by atoms with Crippen molar-refractivity contribution in [2.24, 2.45) is 5.41 Å². The van der Waals surface area contributed by atoms with Crippen LogP contribution in [0, 0.1) is 5.41 Å². The van der Waals surface area contributed by atoms with Crippen LogP contribution >= 0.6 is 12.6 Å². The van der Waals surface area contributed by atoms with Gasteiger partial charge in [0, 0.05) is 19.2 Å². The molecule has 1 aromatic heterocycles. The Hall–Kier alpha value is -1.01. The summed E-state index contributed by atoms with van der Waals surface area (Å²) in [5.41, 5.74) is 1.07. The van der Waals surface area contributed by atoms with Gasteiger partial charge in [0.25, 0.3) is 5.56 Å². The SMILES string of the molecule is O=c1cc(N2CCOCC2)cnn1CC1(CS)CCC1. The van der Waals surface area contributed by atoms with Gasteiger partial charge in [-0.15, -0.1) is 0 Å². The van der Waals surface area contributed by atoms with E-state index in [9.17, 15) is 4.79 Å². The van der Waals surface area contributed by atoms with Gasteiger partial charge in [-0.2, -0.15) is 17.7 Å². The van der Waals surface area contributed by atoms with Crippen LogP contribution in [0.1, 0.15) is 19.3 Å². The zero-order valence-corrected chi connectivity index (χ0v) is 12.5. The Bertz CT molecular complexity index is 516. The summed E-state index contributed by atoms with van der Waals surface area (Å²) >= 11 is 4.44. The highest BCUT2D eigenvalue weighted by molar-refractivity contribution is 7.80. The summed E-state index contributed by atoms with van der Waals surface area (Å²) in [7, 11) is 0. The van der Waals surface area contributed by atoms with E-state index < -0.39 is 0 Å². The molecule has 1 aromatic rings. The van der Waals surface area contributed by atoms with Crippen LogP contribution in [-0.4, -0.2) is 41.8 Å². The van der Waals surface area contributed by atoms with Crippen LogP contribution in [0.5, 0.6) is 0 Å². The van der Waals surface area contributed by atoms with Gasteiger partial charge in [0.15, 0.2) is 0 Å². The topological polar surface area (TPSA) is 47.4 Å². The predicted molar refractivity (Wildman–Crippen MR) is 81.7 cm³/mol. The van der Waals surface area contributed by atoms with E-state index in [0.29, 0.717) is 19.8 Å². The monoisotopic (exact) mass is 295 g/mol. The molecule has 6 heteroatoms. The van der Waals surface area contributed by atoms with Gasteiger partial charge in [-0.3, -0.25) is 4.79 Å². The second kappa shape index (κ2) is 5.77. The standard InChI is InChI=1S/C14H21N3O2S/c18-13-8-12(16-4-6-19-7-5-16)9-15-17(13)10-14(11-20)2-1-3-14/h8-9,20H,1-7,10-11H2. The van der Waals surface area contributed by atoms with Crippen molar-refractivity contribution in [3.05, 3.63) is 22.6 Å². The lowest BCUT2D eigenvalue weighted by molar-refractivity contribution is 0.122. The molecule has 0 radical (unpaired) electrons. The lowest BCUT2D eigenvalue weighted by Crippen LogP contribution is -2.41.